The van der Waals surface area contributed by atoms with E-state index in [4.69, 9.17) is 4.74 Å². The fourth-order valence-electron chi connectivity index (χ4n) is 2.03. The number of anilines is 1. The van der Waals surface area contributed by atoms with Gasteiger partial charge in [-0.2, -0.15) is 0 Å². The summed E-state index contributed by atoms with van der Waals surface area (Å²) in [5.41, 5.74) is 2.21. The molecule has 2 N–H and O–H groups in total. The van der Waals surface area contributed by atoms with Crippen molar-refractivity contribution in [1.29, 1.82) is 0 Å². The lowest BCUT2D eigenvalue weighted by Gasteiger charge is -2.12. The number of aryl methyl sites for hydroxylation is 2. The summed E-state index contributed by atoms with van der Waals surface area (Å²) in [4.78, 5) is 15.4. The molecule has 0 amide bonds. The quantitative estimate of drug-likeness (QED) is 0.739. The monoisotopic (exact) mass is 264 g/mol. The molecule has 0 bridgehead atoms. The summed E-state index contributed by atoms with van der Waals surface area (Å²) in [6, 6.07) is 1.76. The van der Waals surface area contributed by atoms with Crippen molar-refractivity contribution in [3.63, 3.8) is 0 Å². The first kappa shape index (κ1) is 13.8. The molecule has 1 fully saturated rings. The Kier molecular flexibility index (Phi) is 4.37. The van der Waals surface area contributed by atoms with Gasteiger partial charge in [-0.3, -0.25) is 4.98 Å². The van der Waals surface area contributed by atoms with Crippen LogP contribution in [0.2, 0.25) is 0 Å². The number of aromatic carboxylic acids is 1. The van der Waals surface area contributed by atoms with Crippen LogP contribution in [0.25, 0.3) is 0 Å². The predicted molar refractivity (Wildman–Crippen MR) is 72.7 cm³/mol. The van der Waals surface area contributed by atoms with Gasteiger partial charge >= 0.3 is 5.97 Å². The van der Waals surface area contributed by atoms with Gasteiger partial charge in [0.05, 0.1) is 18.0 Å². The molecule has 0 unspecified atom stereocenters. The number of pyridine rings is 1. The van der Waals surface area contributed by atoms with Gasteiger partial charge in [0.15, 0.2) is 0 Å². The summed E-state index contributed by atoms with van der Waals surface area (Å²) in [5.74, 6) is -0.202. The third-order valence-corrected chi connectivity index (χ3v) is 3.15. The molecule has 0 aliphatic heterocycles. The van der Waals surface area contributed by atoms with Crippen molar-refractivity contribution in [2.24, 2.45) is 5.92 Å². The zero-order chi connectivity index (χ0) is 13.8. The van der Waals surface area contributed by atoms with E-state index in [0.717, 1.165) is 18.2 Å². The van der Waals surface area contributed by atoms with Crippen molar-refractivity contribution in [1.82, 2.24) is 4.98 Å². The lowest BCUT2D eigenvalue weighted by Crippen LogP contribution is -2.15. The number of ether oxygens (including phenoxy) is 1. The van der Waals surface area contributed by atoms with Gasteiger partial charge in [0, 0.05) is 18.8 Å². The molecular weight excluding hydrogens is 244 g/mol. The highest BCUT2D eigenvalue weighted by molar-refractivity contribution is 5.95. The molecule has 0 aromatic carbocycles. The SMILES string of the molecule is Cc1cc(NCCOCC2CC2)c(C(=O)O)c(C)n1. The zero-order valence-corrected chi connectivity index (χ0v) is 11.4. The van der Waals surface area contributed by atoms with Crippen LogP contribution < -0.4 is 5.32 Å². The standard InChI is InChI=1S/C14H20N2O3/c1-9-7-12(13(14(17)18)10(2)16-9)15-5-6-19-8-11-3-4-11/h7,11H,3-6,8H2,1-2H3,(H,15,16)(H,17,18). The number of rotatable bonds is 7. The number of nitrogens with zero attached hydrogens (tertiary/aromatic N) is 1. The fraction of sp³-hybridized carbons (Fsp3) is 0.571. The molecule has 1 saturated carbocycles. The fourth-order valence-corrected chi connectivity index (χ4v) is 2.03. The van der Waals surface area contributed by atoms with E-state index in [1.807, 2.05) is 6.92 Å². The van der Waals surface area contributed by atoms with Crippen LogP contribution in [-0.2, 0) is 4.74 Å². The minimum absolute atomic E-state index is 0.243. The molecule has 0 saturated heterocycles. The second kappa shape index (κ2) is 6.02. The van der Waals surface area contributed by atoms with Crippen LogP contribution in [0.4, 0.5) is 5.69 Å². The Morgan fingerprint density at radius 2 is 2.26 bits per heavy atom. The van der Waals surface area contributed by atoms with Crippen LogP contribution in [0.3, 0.4) is 0 Å². The number of aromatic nitrogens is 1. The summed E-state index contributed by atoms with van der Waals surface area (Å²) in [7, 11) is 0. The Labute approximate surface area is 113 Å². The van der Waals surface area contributed by atoms with E-state index in [-0.39, 0.29) is 5.56 Å². The molecule has 0 atom stereocenters. The van der Waals surface area contributed by atoms with E-state index < -0.39 is 5.97 Å². The van der Waals surface area contributed by atoms with Crippen molar-refractivity contribution >= 4 is 11.7 Å². The highest BCUT2D eigenvalue weighted by Gasteiger charge is 2.21. The third kappa shape index (κ3) is 3.92. The Balaban J connectivity index is 1.91. The Morgan fingerprint density at radius 3 is 2.89 bits per heavy atom. The van der Waals surface area contributed by atoms with Gasteiger partial charge in [-0.05, 0) is 38.7 Å². The van der Waals surface area contributed by atoms with Gasteiger partial charge in [-0.15, -0.1) is 0 Å². The smallest absolute Gasteiger partial charge is 0.339 e. The zero-order valence-electron chi connectivity index (χ0n) is 11.4. The van der Waals surface area contributed by atoms with Crippen molar-refractivity contribution in [2.75, 3.05) is 25.1 Å². The first-order chi connectivity index (χ1) is 9.08. The molecule has 1 aliphatic rings. The predicted octanol–water partition coefficient (Wildman–Crippen LogP) is 2.24. The highest BCUT2D eigenvalue weighted by atomic mass is 16.5. The van der Waals surface area contributed by atoms with E-state index in [9.17, 15) is 9.90 Å². The second-order valence-corrected chi connectivity index (χ2v) is 5.02. The van der Waals surface area contributed by atoms with Crippen LogP contribution in [-0.4, -0.2) is 35.8 Å². The van der Waals surface area contributed by atoms with E-state index >= 15 is 0 Å². The molecule has 104 valence electrons. The van der Waals surface area contributed by atoms with Crippen molar-refractivity contribution in [2.45, 2.75) is 26.7 Å². The normalized spacial score (nSPS) is 14.4. The van der Waals surface area contributed by atoms with Crippen LogP contribution >= 0.6 is 0 Å². The maximum atomic E-state index is 11.2. The topological polar surface area (TPSA) is 71.5 Å². The number of hydrogen-bond acceptors (Lipinski definition) is 4. The molecule has 19 heavy (non-hydrogen) atoms. The second-order valence-electron chi connectivity index (χ2n) is 5.02. The van der Waals surface area contributed by atoms with Gasteiger partial charge in [-0.25, -0.2) is 4.79 Å². The first-order valence-corrected chi connectivity index (χ1v) is 6.61. The minimum atomic E-state index is -0.952. The summed E-state index contributed by atoms with van der Waals surface area (Å²) < 4.78 is 5.51. The van der Waals surface area contributed by atoms with Gasteiger partial charge < -0.3 is 15.2 Å². The average Bonchev–Trinajstić information content (AvgIpc) is 3.10. The molecule has 5 heteroatoms. The maximum absolute atomic E-state index is 11.2. The van der Waals surface area contributed by atoms with Gasteiger partial charge in [0.25, 0.3) is 0 Å². The molecule has 1 aromatic rings. The van der Waals surface area contributed by atoms with Gasteiger partial charge in [0.2, 0.25) is 0 Å². The molecule has 1 aromatic heterocycles. The molecule has 1 heterocycles. The molecule has 1 aliphatic carbocycles. The van der Waals surface area contributed by atoms with E-state index in [1.165, 1.54) is 12.8 Å². The molecule has 5 nitrogen and oxygen atoms in total. The molecule has 0 spiro atoms. The lowest BCUT2D eigenvalue weighted by molar-refractivity contribution is 0.0696. The number of carboxylic acids is 1. The number of carbonyl (C=O) groups is 1. The summed E-state index contributed by atoms with van der Waals surface area (Å²) >= 11 is 0. The van der Waals surface area contributed by atoms with Crippen LogP contribution in [0.15, 0.2) is 6.07 Å². The van der Waals surface area contributed by atoms with Crippen molar-refractivity contribution in [3.8, 4) is 0 Å². The molecule has 0 radical (unpaired) electrons. The highest BCUT2D eigenvalue weighted by Crippen LogP contribution is 2.28. The van der Waals surface area contributed by atoms with Crippen molar-refractivity contribution in [3.05, 3.63) is 23.0 Å². The van der Waals surface area contributed by atoms with E-state index in [2.05, 4.69) is 10.3 Å². The van der Waals surface area contributed by atoms with Gasteiger partial charge in [0.1, 0.15) is 5.56 Å². The summed E-state index contributed by atoms with van der Waals surface area (Å²) in [6.07, 6.45) is 2.55. The Hall–Kier alpha value is -1.62. The first-order valence-electron chi connectivity index (χ1n) is 6.61. The van der Waals surface area contributed by atoms with Crippen LogP contribution in [0, 0.1) is 19.8 Å². The molecular formula is C14H20N2O3. The van der Waals surface area contributed by atoms with E-state index in [1.54, 1.807) is 13.0 Å². The van der Waals surface area contributed by atoms with Gasteiger partial charge in [-0.1, -0.05) is 0 Å². The van der Waals surface area contributed by atoms with E-state index in [0.29, 0.717) is 24.5 Å². The largest absolute Gasteiger partial charge is 0.478 e. The summed E-state index contributed by atoms with van der Waals surface area (Å²) in [6.45, 7) is 5.59. The van der Waals surface area contributed by atoms with Crippen LogP contribution in [0.5, 0.6) is 0 Å². The van der Waals surface area contributed by atoms with Crippen molar-refractivity contribution < 1.29 is 14.6 Å². The molecule has 2 rings (SSSR count). The van der Waals surface area contributed by atoms with Crippen LogP contribution in [0.1, 0.15) is 34.6 Å². The maximum Gasteiger partial charge on any atom is 0.339 e. The lowest BCUT2D eigenvalue weighted by atomic mass is 10.1. The minimum Gasteiger partial charge on any atom is -0.478 e. The third-order valence-electron chi connectivity index (χ3n) is 3.15. The average molecular weight is 264 g/mol. The number of carboxylic acid groups (broad SMARTS) is 1. The number of nitrogens with one attached hydrogen (secondary N) is 1. The summed E-state index contributed by atoms with van der Waals surface area (Å²) in [5, 5.41) is 12.3. The Bertz CT molecular complexity index is 470. The Morgan fingerprint density at radius 1 is 1.53 bits per heavy atom. The number of hydrogen-bond donors (Lipinski definition) is 2.